The third-order valence-corrected chi connectivity index (χ3v) is 18.2. The molecule has 18 heteroatoms. The number of aliphatic hydroxyl groups is 1. The maximum Gasteiger partial charge on any atom is 0.303 e. The predicted molar refractivity (Wildman–Crippen MR) is 409 cm³/mol. The molecule has 0 bridgehead atoms. The van der Waals surface area contributed by atoms with E-state index in [9.17, 15) is 34.9 Å². The van der Waals surface area contributed by atoms with Crippen molar-refractivity contribution in [3.05, 3.63) is 264 Å². The third kappa shape index (κ3) is 23.6. The molecule has 106 heavy (non-hydrogen) atoms. The number of pyridine rings is 1. The molecule has 18 nitrogen and oxygen atoms in total. The van der Waals surface area contributed by atoms with Crippen molar-refractivity contribution in [3.63, 3.8) is 0 Å². The molecule has 0 spiro atoms. The molecule has 3 atom stereocenters. The summed E-state index contributed by atoms with van der Waals surface area (Å²) in [5.74, 6) is -1.95. The maximum atomic E-state index is 13.8. The number of aliphatic carboxylic acids is 2. The Morgan fingerprint density at radius 2 is 0.792 bits per heavy atom. The summed E-state index contributed by atoms with van der Waals surface area (Å²) in [4.78, 5) is 95.2. The molecule has 8 aromatic carbocycles. The maximum absolute atomic E-state index is 13.8. The van der Waals surface area contributed by atoms with Crippen LogP contribution in [-0.2, 0) is 32.2 Å². The Morgan fingerprint density at radius 3 is 1.20 bits per heavy atom. The summed E-state index contributed by atoms with van der Waals surface area (Å²) in [6.45, 7) is -1.01. The molecule has 550 valence electrons. The second kappa shape index (κ2) is 40.1. The predicted octanol–water partition coefficient (Wildman–Crippen LogP) is 16.4. The number of carboxylic acids is 2. The summed E-state index contributed by atoms with van der Waals surface area (Å²) >= 11 is 0. The van der Waals surface area contributed by atoms with Gasteiger partial charge in [-0.1, -0.05) is 158 Å². The number of aromatic nitrogens is 1. The summed E-state index contributed by atoms with van der Waals surface area (Å²) < 4.78 is 45.2. The lowest BCUT2D eigenvalue weighted by molar-refractivity contribution is -0.138. The van der Waals surface area contributed by atoms with Crippen LogP contribution in [0.25, 0.3) is 33.4 Å². The number of aliphatic hydroxyl groups excluding tert-OH is 1. The zero-order chi connectivity index (χ0) is 77.1. The largest absolute Gasteiger partial charge is 0.493 e. The Labute approximate surface area is 625 Å². The Balaban J connectivity index is 0.000000175. The number of benzene rings is 8. The lowest BCUT2D eigenvalue weighted by Gasteiger charge is -2.31. The van der Waals surface area contributed by atoms with Crippen LogP contribution in [0.1, 0.15) is 173 Å². The van der Waals surface area contributed by atoms with Crippen LogP contribution in [-0.4, -0.2) is 121 Å². The zero-order valence-corrected chi connectivity index (χ0v) is 59.7. The molecule has 3 aliphatic rings. The van der Waals surface area contributed by atoms with Crippen LogP contribution in [0.15, 0.2) is 231 Å². The number of carboxylic acid groups (broad SMARTS) is 2. The first-order chi connectivity index (χ1) is 52.9. The van der Waals surface area contributed by atoms with Gasteiger partial charge < -0.3 is 50.0 Å². The summed E-state index contributed by atoms with van der Waals surface area (Å²) in [6.07, 6.45) is 15.3. The molecule has 3 saturated carbocycles. The van der Waals surface area contributed by atoms with E-state index >= 15 is 0 Å². The quantitative estimate of drug-likeness (QED) is 0.0263. The standard InChI is InChI=1S/C31H34N2O5.C29H31NO4.C28H30N2O4/c32-30(36)29(27-12-6-7-13-28(27)38-20-8-2-5-11-26(35)21-34)33(25-18-19-25)31(37)24-16-14-23(15-17-24)22-9-3-1-4-10-22;31-28(32)13-5-2-8-20-34-27-12-7-6-11-25(27)21-30(26-18-19-26)29(33)24-16-14-23(15-17-24)22-9-3-1-4-10-22;31-27(32)10-2-1-5-18-34-26-9-4-3-7-24(26)20-30(25-15-16-25)28(33)22-13-11-21(12-14-22)23-8-6-17-29-19-23/h1,3-4,6-7,9-10,12-17,25,29,34H,2,5,8,11,18-21H2,(H2,32,36);1,3-4,6-7,9-12,14-17,26H,2,5,8,13,18-21H2,(H,31,32);3-4,6-9,11-14,17,19,25H,1-2,5,10,15-16,18,20H2,(H,31,32)/i29D;21D;20D. The molecule has 5 N–H and O–H groups in total. The average Bonchev–Trinajstić information content (AvgIpc) is 1.72. The number of primary amides is 1. The molecule has 0 aliphatic heterocycles. The molecule has 9 aromatic rings. The van der Waals surface area contributed by atoms with Crippen molar-refractivity contribution in [3.8, 4) is 50.6 Å². The lowest BCUT2D eigenvalue weighted by atomic mass is 10.00. The minimum absolute atomic E-state index is 0.0482. The Kier molecular flexibility index (Phi) is 27.7. The van der Waals surface area contributed by atoms with Gasteiger partial charge in [0.2, 0.25) is 5.91 Å². The van der Waals surface area contributed by atoms with E-state index in [1.807, 2.05) is 182 Å². The van der Waals surface area contributed by atoms with E-state index in [1.54, 1.807) is 58.6 Å². The second-order valence-electron chi connectivity index (χ2n) is 26.5. The number of carbonyl (C=O) groups is 7. The molecule has 12 rings (SSSR count). The van der Waals surface area contributed by atoms with Gasteiger partial charge in [-0.15, -0.1) is 0 Å². The summed E-state index contributed by atoms with van der Waals surface area (Å²) in [5, 5.41) is 26.3. The fourth-order valence-electron chi connectivity index (χ4n) is 12.0. The van der Waals surface area contributed by atoms with Crippen LogP contribution >= 0.6 is 0 Å². The first kappa shape index (κ1) is 73.1. The van der Waals surface area contributed by atoms with Gasteiger partial charge in [0.15, 0.2) is 5.78 Å². The molecule has 1 heterocycles. The van der Waals surface area contributed by atoms with E-state index in [2.05, 4.69) is 4.98 Å². The van der Waals surface area contributed by atoms with Crippen molar-refractivity contribution in [1.29, 1.82) is 0 Å². The van der Waals surface area contributed by atoms with Crippen molar-refractivity contribution in [1.82, 2.24) is 19.7 Å². The number of rotatable bonds is 38. The number of carbonyl (C=O) groups excluding carboxylic acids is 5. The number of para-hydroxylation sites is 3. The van der Waals surface area contributed by atoms with Crippen LogP contribution < -0.4 is 19.9 Å². The van der Waals surface area contributed by atoms with Crippen LogP contribution in [0.3, 0.4) is 0 Å². The number of unbranched alkanes of at least 4 members (excludes halogenated alkanes) is 6. The number of nitrogens with zero attached hydrogens (tertiary/aromatic N) is 4. The van der Waals surface area contributed by atoms with E-state index in [1.165, 1.54) is 4.90 Å². The van der Waals surface area contributed by atoms with Gasteiger partial charge in [0.25, 0.3) is 17.7 Å². The van der Waals surface area contributed by atoms with E-state index in [-0.39, 0.29) is 54.1 Å². The van der Waals surface area contributed by atoms with Crippen molar-refractivity contribution in [2.45, 2.75) is 153 Å². The van der Waals surface area contributed by atoms with Crippen molar-refractivity contribution < 1.29 is 67.2 Å². The number of hydrogen-bond acceptors (Lipinski definition) is 12. The topological polar surface area (TPSA) is 256 Å². The molecule has 1 aromatic heterocycles. The number of ketones is 1. The Hall–Kier alpha value is -11.2. The normalized spacial score (nSPS) is 14.4. The Bertz CT molecular complexity index is 4270. The van der Waals surface area contributed by atoms with Crippen LogP contribution in [0.5, 0.6) is 17.2 Å². The molecular weight excluding hydrogens is 1330 g/mol. The van der Waals surface area contributed by atoms with Crippen LogP contribution in [0.4, 0.5) is 0 Å². The summed E-state index contributed by atoms with van der Waals surface area (Å²) in [6, 6.07) is 65.0. The van der Waals surface area contributed by atoms with Crippen LogP contribution in [0.2, 0.25) is 0 Å². The SMILES string of the molecule is [2H]C(C(N)=O)(c1ccccc1OCCCCCC(=O)CO)N(C(=O)c1ccc(-c2ccccc2)cc1)C1CC1.[2H]C(c1ccccc1OCCCCCC(=O)O)N(C(=O)c1ccc(-c2ccccc2)cc1)C1CC1.[2H]C(c1ccccc1OCCCCCC(=O)O)N(C(=O)c1ccc(-c2cccnc2)cc1)C1CC1. The highest BCUT2D eigenvalue weighted by atomic mass is 16.5. The van der Waals surface area contributed by atoms with E-state index in [4.69, 9.17) is 38.0 Å². The second-order valence-corrected chi connectivity index (χ2v) is 26.5. The van der Waals surface area contributed by atoms with E-state index in [0.717, 1.165) is 91.2 Å². The molecule has 0 radical (unpaired) electrons. The molecule has 4 amide bonds. The van der Waals surface area contributed by atoms with Crippen molar-refractivity contribution in [2.75, 3.05) is 26.4 Å². The van der Waals surface area contributed by atoms with Crippen molar-refractivity contribution in [2.24, 2.45) is 5.73 Å². The molecule has 3 unspecified atom stereocenters. The highest BCUT2D eigenvalue weighted by Gasteiger charge is 2.42. The van der Waals surface area contributed by atoms with Gasteiger partial charge in [-0.25, -0.2) is 0 Å². The minimum atomic E-state index is -2.17. The van der Waals surface area contributed by atoms with Crippen LogP contribution in [0, 0.1) is 0 Å². The summed E-state index contributed by atoms with van der Waals surface area (Å²) in [5.41, 5.74) is 15.0. The van der Waals surface area contributed by atoms with Gasteiger partial charge in [0, 0.05) is 96.2 Å². The van der Waals surface area contributed by atoms with Gasteiger partial charge in [0.1, 0.15) is 29.9 Å². The number of amides is 4. The number of ether oxygens (including phenoxy) is 3. The highest BCUT2D eigenvalue weighted by Crippen LogP contribution is 2.40. The Morgan fingerprint density at radius 1 is 0.425 bits per heavy atom. The first-order valence-electron chi connectivity index (χ1n) is 38.3. The lowest BCUT2D eigenvalue weighted by Crippen LogP contribution is -2.43. The minimum Gasteiger partial charge on any atom is -0.493 e. The first-order valence-corrected chi connectivity index (χ1v) is 36.6. The molecular formula is C88H95N5O13. The molecule has 0 saturated heterocycles. The monoisotopic (exact) mass is 1430 g/mol. The van der Waals surface area contributed by atoms with Crippen molar-refractivity contribution >= 4 is 41.4 Å². The number of Topliss-reactive ketones (excluding diaryl/α,β-unsaturated/α-hetero) is 1. The third-order valence-electron chi connectivity index (χ3n) is 18.2. The van der Waals surface area contributed by atoms with E-state index in [0.29, 0.717) is 110 Å². The average molecular weight is 1430 g/mol. The number of hydrogen-bond donors (Lipinski definition) is 4. The zero-order valence-electron chi connectivity index (χ0n) is 62.7. The number of nitrogens with two attached hydrogens (primary N) is 1. The highest BCUT2D eigenvalue weighted by molar-refractivity contribution is 5.99. The van der Waals surface area contributed by atoms with Gasteiger partial charge in [-0.3, -0.25) is 38.5 Å². The smallest absolute Gasteiger partial charge is 0.303 e. The molecule has 3 fully saturated rings. The van der Waals surface area contributed by atoms with Gasteiger partial charge >= 0.3 is 11.9 Å². The van der Waals surface area contributed by atoms with Gasteiger partial charge in [-0.2, -0.15) is 0 Å². The fourth-order valence-corrected chi connectivity index (χ4v) is 12.0. The fraction of sp³-hybridized carbons (Fsp3) is 0.318. The van der Waals surface area contributed by atoms with E-state index < -0.39 is 49.4 Å². The molecule has 3 aliphatic carbocycles. The summed E-state index contributed by atoms with van der Waals surface area (Å²) in [7, 11) is 0. The van der Waals surface area contributed by atoms with Gasteiger partial charge in [0.05, 0.1) is 23.9 Å². The van der Waals surface area contributed by atoms with Gasteiger partial charge in [-0.05, 0) is 190 Å².